The van der Waals surface area contributed by atoms with E-state index in [2.05, 4.69) is 22.2 Å². The number of carbonyl (C=O) groups is 1. The van der Waals surface area contributed by atoms with Crippen molar-refractivity contribution in [1.82, 2.24) is 15.1 Å². The maximum absolute atomic E-state index is 13.4. The topological polar surface area (TPSA) is 35.6 Å². The highest BCUT2D eigenvalue weighted by Gasteiger charge is 2.52. The summed E-state index contributed by atoms with van der Waals surface area (Å²) in [5.41, 5.74) is 1.61. The second-order valence-electron chi connectivity index (χ2n) is 8.23. The first kappa shape index (κ1) is 19.0. The van der Waals surface area contributed by atoms with Crippen molar-refractivity contribution >= 4 is 5.91 Å². The Morgan fingerprint density at radius 1 is 1.11 bits per heavy atom. The van der Waals surface area contributed by atoms with E-state index in [4.69, 9.17) is 0 Å². The fourth-order valence-electron chi connectivity index (χ4n) is 4.70. The molecule has 2 aromatic carbocycles. The smallest absolute Gasteiger partial charge is 0.251 e. The van der Waals surface area contributed by atoms with Crippen molar-refractivity contribution < 1.29 is 13.6 Å². The molecule has 2 aliphatic rings. The molecular formula is C22H25F2N3O. The van der Waals surface area contributed by atoms with Gasteiger partial charge in [0, 0.05) is 50.2 Å². The quantitative estimate of drug-likeness (QED) is 0.860. The summed E-state index contributed by atoms with van der Waals surface area (Å²) in [5.74, 6) is -1.26. The van der Waals surface area contributed by atoms with Gasteiger partial charge in [-0.1, -0.05) is 24.3 Å². The lowest BCUT2D eigenvalue weighted by Gasteiger charge is -2.51. The van der Waals surface area contributed by atoms with Crippen molar-refractivity contribution in [1.29, 1.82) is 0 Å². The predicted octanol–water partition coefficient (Wildman–Crippen LogP) is 2.76. The van der Waals surface area contributed by atoms with Crippen LogP contribution >= 0.6 is 0 Å². The first-order valence-electron chi connectivity index (χ1n) is 9.63. The number of likely N-dealkylation sites (tertiary alicyclic amines) is 2. The molecule has 4 rings (SSSR count). The lowest BCUT2D eigenvalue weighted by atomic mass is 9.71. The first-order valence-corrected chi connectivity index (χ1v) is 9.63. The Kier molecular flexibility index (Phi) is 5.17. The van der Waals surface area contributed by atoms with Crippen molar-refractivity contribution in [2.24, 2.45) is 11.3 Å². The number of carbonyl (C=O) groups excluding carboxylic acids is 1. The van der Waals surface area contributed by atoms with Gasteiger partial charge in [0.1, 0.15) is 0 Å². The summed E-state index contributed by atoms with van der Waals surface area (Å²) in [7, 11) is 2.11. The maximum Gasteiger partial charge on any atom is 0.251 e. The Bertz CT molecular complexity index is 852. The van der Waals surface area contributed by atoms with E-state index in [-0.39, 0.29) is 11.3 Å². The standard InChI is InChI=1S/C22H25F2N3O/c1-26-12-18(10-25-21(28)17-5-3-2-4-6-17)22(13-26)14-27(15-22)11-16-7-8-19(23)20(24)9-16/h2-9,18H,10-15H2,1H3,(H,25,28). The van der Waals surface area contributed by atoms with Gasteiger partial charge >= 0.3 is 0 Å². The van der Waals surface area contributed by atoms with Gasteiger partial charge in [-0.15, -0.1) is 0 Å². The second kappa shape index (κ2) is 7.60. The molecule has 1 amide bonds. The summed E-state index contributed by atoms with van der Waals surface area (Å²) in [6, 6.07) is 13.4. The van der Waals surface area contributed by atoms with Crippen LogP contribution in [0, 0.1) is 23.0 Å². The van der Waals surface area contributed by atoms with Gasteiger partial charge < -0.3 is 10.2 Å². The minimum Gasteiger partial charge on any atom is -0.352 e. The van der Waals surface area contributed by atoms with Gasteiger partial charge in [0.05, 0.1) is 0 Å². The number of benzene rings is 2. The molecule has 4 nitrogen and oxygen atoms in total. The zero-order valence-corrected chi connectivity index (χ0v) is 16.0. The molecule has 1 N–H and O–H groups in total. The lowest BCUT2D eigenvalue weighted by molar-refractivity contribution is -0.0261. The van der Waals surface area contributed by atoms with E-state index in [0.717, 1.165) is 31.7 Å². The van der Waals surface area contributed by atoms with E-state index in [1.807, 2.05) is 30.3 Å². The lowest BCUT2D eigenvalue weighted by Crippen LogP contribution is -2.61. The van der Waals surface area contributed by atoms with Crippen LogP contribution in [0.1, 0.15) is 15.9 Å². The molecule has 0 aliphatic carbocycles. The molecule has 2 fully saturated rings. The van der Waals surface area contributed by atoms with Crippen LogP contribution in [-0.4, -0.2) is 55.5 Å². The summed E-state index contributed by atoms with van der Waals surface area (Å²) < 4.78 is 26.5. The summed E-state index contributed by atoms with van der Waals surface area (Å²) in [5, 5.41) is 3.09. The molecule has 2 saturated heterocycles. The SMILES string of the molecule is CN1CC(CNC(=O)c2ccccc2)C2(C1)CN(Cc1ccc(F)c(F)c1)C2. The van der Waals surface area contributed by atoms with E-state index in [0.29, 0.717) is 24.6 Å². The molecule has 2 aliphatic heterocycles. The number of rotatable bonds is 5. The van der Waals surface area contributed by atoms with Crippen LogP contribution < -0.4 is 5.32 Å². The highest BCUT2D eigenvalue weighted by atomic mass is 19.2. The van der Waals surface area contributed by atoms with Crippen molar-refractivity contribution in [2.45, 2.75) is 6.54 Å². The first-order chi connectivity index (χ1) is 13.4. The van der Waals surface area contributed by atoms with Crippen molar-refractivity contribution in [3.05, 3.63) is 71.3 Å². The number of nitrogens with one attached hydrogen (secondary N) is 1. The number of nitrogens with zero attached hydrogens (tertiary/aromatic N) is 2. The molecule has 28 heavy (non-hydrogen) atoms. The Labute approximate surface area is 164 Å². The molecule has 0 saturated carbocycles. The van der Waals surface area contributed by atoms with Crippen molar-refractivity contribution in [3.8, 4) is 0 Å². The van der Waals surface area contributed by atoms with E-state index >= 15 is 0 Å². The van der Waals surface area contributed by atoms with Crippen LogP contribution in [0.25, 0.3) is 0 Å². The van der Waals surface area contributed by atoms with Crippen LogP contribution in [0.3, 0.4) is 0 Å². The van der Waals surface area contributed by atoms with Gasteiger partial charge in [-0.3, -0.25) is 9.69 Å². The monoisotopic (exact) mass is 385 g/mol. The molecule has 148 valence electrons. The van der Waals surface area contributed by atoms with Gasteiger partial charge in [0.2, 0.25) is 0 Å². The molecule has 0 radical (unpaired) electrons. The van der Waals surface area contributed by atoms with E-state index in [9.17, 15) is 13.6 Å². The third kappa shape index (κ3) is 3.80. The minimum atomic E-state index is -0.810. The fourth-order valence-corrected chi connectivity index (χ4v) is 4.70. The molecular weight excluding hydrogens is 360 g/mol. The minimum absolute atomic E-state index is 0.0386. The normalized spacial score (nSPS) is 21.6. The Morgan fingerprint density at radius 3 is 2.57 bits per heavy atom. The Morgan fingerprint density at radius 2 is 1.86 bits per heavy atom. The third-order valence-corrected chi connectivity index (χ3v) is 6.00. The van der Waals surface area contributed by atoms with Gasteiger partial charge in [-0.2, -0.15) is 0 Å². The average molecular weight is 385 g/mol. The molecule has 1 atom stereocenters. The van der Waals surface area contributed by atoms with Crippen molar-refractivity contribution in [3.63, 3.8) is 0 Å². The molecule has 0 bridgehead atoms. The molecule has 1 spiro atoms. The zero-order valence-electron chi connectivity index (χ0n) is 16.0. The van der Waals surface area contributed by atoms with Crippen LogP contribution in [0.2, 0.25) is 0 Å². The summed E-state index contributed by atoms with van der Waals surface area (Å²) >= 11 is 0. The fraction of sp³-hybridized carbons (Fsp3) is 0.409. The Hall–Kier alpha value is -2.31. The van der Waals surface area contributed by atoms with Crippen molar-refractivity contribution in [2.75, 3.05) is 39.8 Å². The largest absolute Gasteiger partial charge is 0.352 e. The van der Waals surface area contributed by atoms with E-state index in [1.54, 1.807) is 6.07 Å². The molecule has 0 aromatic heterocycles. The van der Waals surface area contributed by atoms with Crippen LogP contribution in [-0.2, 0) is 6.54 Å². The summed E-state index contributed by atoms with van der Waals surface area (Å²) in [6.07, 6.45) is 0. The van der Waals surface area contributed by atoms with Gasteiger partial charge in [-0.25, -0.2) is 8.78 Å². The molecule has 2 heterocycles. The number of amides is 1. The predicted molar refractivity (Wildman–Crippen MR) is 104 cm³/mol. The summed E-state index contributed by atoms with van der Waals surface area (Å²) in [4.78, 5) is 16.9. The highest BCUT2D eigenvalue weighted by molar-refractivity contribution is 5.94. The number of hydrogen-bond donors (Lipinski definition) is 1. The second-order valence-corrected chi connectivity index (χ2v) is 8.23. The average Bonchev–Trinajstić information content (AvgIpc) is 2.99. The van der Waals surface area contributed by atoms with Crippen LogP contribution in [0.15, 0.2) is 48.5 Å². The molecule has 6 heteroatoms. The maximum atomic E-state index is 13.4. The van der Waals surface area contributed by atoms with Gasteiger partial charge in [0.25, 0.3) is 5.91 Å². The third-order valence-electron chi connectivity index (χ3n) is 6.00. The Balaban J connectivity index is 1.34. The zero-order chi connectivity index (χ0) is 19.7. The van der Waals surface area contributed by atoms with E-state index in [1.165, 1.54) is 12.1 Å². The van der Waals surface area contributed by atoms with Crippen LogP contribution in [0.5, 0.6) is 0 Å². The van der Waals surface area contributed by atoms with E-state index < -0.39 is 11.6 Å². The number of halogens is 2. The number of hydrogen-bond acceptors (Lipinski definition) is 3. The van der Waals surface area contributed by atoms with Crippen LogP contribution in [0.4, 0.5) is 8.78 Å². The molecule has 2 aromatic rings. The highest BCUT2D eigenvalue weighted by Crippen LogP contribution is 2.43. The van der Waals surface area contributed by atoms with Gasteiger partial charge in [0.15, 0.2) is 11.6 Å². The van der Waals surface area contributed by atoms with Gasteiger partial charge in [-0.05, 0) is 42.8 Å². The summed E-state index contributed by atoms with van der Waals surface area (Å²) in [6.45, 7) is 5.02. The molecule has 1 unspecified atom stereocenters.